The number of hydrogen-bond donors (Lipinski definition) is 3. The van der Waals surface area contributed by atoms with Crippen LogP contribution in [0.3, 0.4) is 0 Å². The van der Waals surface area contributed by atoms with Gasteiger partial charge in [-0.3, -0.25) is 5.10 Å². The fourth-order valence-electron chi connectivity index (χ4n) is 2.27. The molecule has 1 aliphatic heterocycles. The van der Waals surface area contributed by atoms with Crippen molar-refractivity contribution < 1.29 is 5.11 Å². The van der Waals surface area contributed by atoms with Gasteiger partial charge in [0.15, 0.2) is 0 Å². The molecular weight excluding hydrogens is 228 g/mol. The van der Waals surface area contributed by atoms with Crippen LogP contribution in [0.2, 0.25) is 0 Å². The molecule has 0 amide bonds. The summed E-state index contributed by atoms with van der Waals surface area (Å²) >= 11 is 0. The first-order valence-electron chi connectivity index (χ1n) is 6.13. The van der Waals surface area contributed by atoms with Gasteiger partial charge in [0.1, 0.15) is 5.75 Å². The third-order valence-electron chi connectivity index (χ3n) is 3.23. The maximum absolute atomic E-state index is 9.33. The molecule has 0 aliphatic carbocycles. The molecule has 18 heavy (non-hydrogen) atoms. The second kappa shape index (κ2) is 4.70. The molecule has 3 rings (SSSR count). The van der Waals surface area contributed by atoms with Crippen molar-refractivity contribution in [3.63, 3.8) is 0 Å². The molecule has 1 saturated heterocycles. The van der Waals surface area contributed by atoms with Gasteiger partial charge in [-0.2, -0.15) is 5.10 Å². The molecule has 0 saturated carbocycles. The summed E-state index contributed by atoms with van der Waals surface area (Å²) < 4.78 is 0. The highest BCUT2D eigenvalue weighted by Crippen LogP contribution is 2.29. The minimum atomic E-state index is 0.280. The molecule has 0 bridgehead atoms. The Morgan fingerprint density at radius 1 is 1.11 bits per heavy atom. The molecule has 0 unspecified atom stereocenters. The number of nitrogens with one attached hydrogen (secondary N) is 2. The van der Waals surface area contributed by atoms with Crippen LogP contribution in [0.4, 0.5) is 5.69 Å². The largest absolute Gasteiger partial charge is 0.508 e. The number of piperazine rings is 1. The number of anilines is 1. The summed E-state index contributed by atoms with van der Waals surface area (Å²) in [6.45, 7) is 3.98. The summed E-state index contributed by atoms with van der Waals surface area (Å²) in [5.74, 6) is 0.280. The first kappa shape index (κ1) is 11.1. The number of benzene rings is 1. The van der Waals surface area contributed by atoms with Gasteiger partial charge in [0.2, 0.25) is 0 Å². The van der Waals surface area contributed by atoms with Crippen LogP contribution >= 0.6 is 0 Å². The minimum Gasteiger partial charge on any atom is -0.508 e. The van der Waals surface area contributed by atoms with Crippen LogP contribution in [0.5, 0.6) is 5.75 Å². The van der Waals surface area contributed by atoms with Gasteiger partial charge in [0.05, 0.1) is 17.6 Å². The summed E-state index contributed by atoms with van der Waals surface area (Å²) in [4.78, 5) is 2.32. The van der Waals surface area contributed by atoms with E-state index < -0.39 is 0 Å². The van der Waals surface area contributed by atoms with Crippen molar-refractivity contribution in [1.82, 2.24) is 15.5 Å². The summed E-state index contributed by atoms with van der Waals surface area (Å²) in [5, 5.41) is 19.9. The van der Waals surface area contributed by atoms with Gasteiger partial charge >= 0.3 is 0 Å². The normalized spacial score (nSPS) is 15.9. The lowest BCUT2D eigenvalue weighted by atomic mass is 10.1. The lowest BCUT2D eigenvalue weighted by Gasteiger charge is -2.29. The zero-order valence-corrected chi connectivity index (χ0v) is 10.1. The molecule has 1 aromatic heterocycles. The summed E-state index contributed by atoms with van der Waals surface area (Å²) in [6.07, 6.45) is 1.87. The number of aromatic hydroxyl groups is 1. The third kappa shape index (κ3) is 2.04. The SMILES string of the molecule is Oc1ccc(-c2[nH]ncc2N2CCNCC2)cc1. The number of phenolic OH excluding ortho intramolecular Hbond substituents is 1. The molecule has 1 aliphatic rings. The Labute approximate surface area is 105 Å². The monoisotopic (exact) mass is 244 g/mol. The average molecular weight is 244 g/mol. The maximum Gasteiger partial charge on any atom is 0.115 e. The number of H-pyrrole nitrogens is 1. The van der Waals surface area contributed by atoms with Crippen LogP contribution in [0.15, 0.2) is 30.5 Å². The Hall–Kier alpha value is -2.01. The van der Waals surface area contributed by atoms with Crippen LogP contribution in [0.1, 0.15) is 0 Å². The smallest absolute Gasteiger partial charge is 0.115 e. The summed E-state index contributed by atoms with van der Waals surface area (Å²) in [5.41, 5.74) is 3.18. The fourth-order valence-corrected chi connectivity index (χ4v) is 2.27. The van der Waals surface area contributed by atoms with Crippen molar-refractivity contribution >= 4 is 5.69 Å². The van der Waals surface area contributed by atoms with Crippen molar-refractivity contribution in [2.24, 2.45) is 0 Å². The molecule has 0 spiro atoms. The van der Waals surface area contributed by atoms with Crippen LogP contribution in [0.25, 0.3) is 11.3 Å². The number of rotatable bonds is 2. The second-order valence-corrected chi connectivity index (χ2v) is 4.41. The topological polar surface area (TPSA) is 64.2 Å². The lowest BCUT2D eigenvalue weighted by molar-refractivity contribution is 0.475. The number of hydrogen-bond acceptors (Lipinski definition) is 4. The minimum absolute atomic E-state index is 0.280. The van der Waals surface area contributed by atoms with Crippen LogP contribution in [-0.4, -0.2) is 41.5 Å². The Kier molecular flexibility index (Phi) is 2.90. The van der Waals surface area contributed by atoms with Gasteiger partial charge in [-0.25, -0.2) is 0 Å². The predicted molar refractivity (Wildman–Crippen MR) is 70.8 cm³/mol. The molecule has 5 heteroatoms. The van der Waals surface area contributed by atoms with E-state index in [1.165, 1.54) is 0 Å². The van der Waals surface area contributed by atoms with Gasteiger partial charge in [0, 0.05) is 31.7 Å². The summed E-state index contributed by atoms with van der Waals surface area (Å²) in [6, 6.07) is 7.18. The highest BCUT2D eigenvalue weighted by Gasteiger charge is 2.16. The van der Waals surface area contributed by atoms with Crippen molar-refractivity contribution in [3.8, 4) is 17.0 Å². The zero-order chi connectivity index (χ0) is 12.4. The van der Waals surface area contributed by atoms with Crippen molar-refractivity contribution in [2.75, 3.05) is 31.1 Å². The van der Waals surface area contributed by atoms with Gasteiger partial charge in [-0.05, 0) is 24.3 Å². The van der Waals surface area contributed by atoms with Crippen LogP contribution in [0, 0.1) is 0 Å². The highest BCUT2D eigenvalue weighted by molar-refractivity contribution is 5.75. The number of nitrogens with zero attached hydrogens (tertiary/aromatic N) is 2. The number of aromatic amines is 1. The molecule has 0 radical (unpaired) electrons. The van der Waals surface area contributed by atoms with Crippen LogP contribution < -0.4 is 10.2 Å². The molecule has 94 valence electrons. The fraction of sp³-hybridized carbons (Fsp3) is 0.308. The van der Waals surface area contributed by atoms with Gasteiger partial charge in [0.25, 0.3) is 0 Å². The predicted octanol–water partition coefficient (Wildman–Crippen LogP) is 1.19. The second-order valence-electron chi connectivity index (χ2n) is 4.41. The molecule has 1 fully saturated rings. The van der Waals surface area contributed by atoms with E-state index in [2.05, 4.69) is 20.4 Å². The first-order valence-corrected chi connectivity index (χ1v) is 6.13. The van der Waals surface area contributed by atoms with Crippen molar-refractivity contribution in [2.45, 2.75) is 0 Å². The molecule has 2 heterocycles. The van der Waals surface area contributed by atoms with E-state index in [9.17, 15) is 5.11 Å². The molecule has 5 nitrogen and oxygen atoms in total. The third-order valence-corrected chi connectivity index (χ3v) is 3.23. The van der Waals surface area contributed by atoms with Gasteiger partial charge in [-0.1, -0.05) is 0 Å². The van der Waals surface area contributed by atoms with Crippen molar-refractivity contribution in [1.29, 1.82) is 0 Å². The molecule has 1 aromatic carbocycles. The molecule has 0 atom stereocenters. The Morgan fingerprint density at radius 2 is 1.83 bits per heavy atom. The van der Waals surface area contributed by atoms with Gasteiger partial charge in [-0.15, -0.1) is 0 Å². The Bertz CT molecular complexity index is 514. The highest BCUT2D eigenvalue weighted by atomic mass is 16.3. The first-order chi connectivity index (χ1) is 8.84. The van der Waals surface area contributed by atoms with Gasteiger partial charge < -0.3 is 15.3 Å². The quantitative estimate of drug-likeness (QED) is 0.742. The van der Waals surface area contributed by atoms with E-state index in [0.29, 0.717) is 0 Å². The van der Waals surface area contributed by atoms with E-state index in [4.69, 9.17) is 0 Å². The number of phenols is 1. The zero-order valence-electron chi connectivity index (χ0n) is 10.1. The van der Waals surface area contributed by atoms with E-state index in [-0.39, 0.29) is 5.75 Å². The van der Waals surface area contributed by atoms with E-state index in [1.807, 2.05) is 18.3 Å². The summed E-state index contributed by atoms with van der Waals surface area (Å²) in [7, 11) is 0. The standard InChI is InChI=1S/C13H16N4O/c18-11-3-1-10(2-4-11)13-12(9-15-16-13)17-7-5-14-6-8-17/h1-4,9,14,18H,5-8H2,(H,15,16). The van der Waals surface area contributed by atoms with E-state index in [1.54, 1.807) is 12.1 Å². The van der Waals surface area contributed by atoms with Crippen LogP contribution in [-0.2, 0) is 0 Å². The van der Waals surface area contributed by atoms with E-state index in [0.717, 1.165) is 43.1 Å². The maximum atomic E-state index is 9.33. The molecule has 2 aromatic rings. The molecular formula is C13H16N4O. The number of aromatic nitrogens is 2. The lowest BCUT2D eigenvalue weighted by Crippen LogP contribution is -2.43. The Morgan fingerprint density at radius 3 is 2.56 bits per heavy atom. The Balaban J connectivity index is 1.93. The van der Waals surface area contributed by atoms with E-state index >= 15 is 0 Å². The van der Waals surface area contributed by atoms with Crippen molar-refractivity contribution in [3.05, 3.63) is 30.5 Å². The molecule has 3 N–H and O–H groups in total. The average Bonchev–Trinajstić information content (AvgIpc) is 2.90.